The molecule has 0 aliphatic heterocycles. The van der Waals surface area contributed by atoms with Crippen LogP contribution in [0.2, 0.25) is 5.02 Å². The molecule has 0 unspecified atom stereocenters. The number of para-hydroxylation sites is 1. The first-order valence-corrected chi connectivity index (χ1v) is 13.9. The van der Waals surface area contributed by atoms with Crippen LogP contribution >= 0.6 is 11.6 Å². The number of methoxy groups -OCH3 is 1. The summed E-state index contributed by atoms with van der Waals surface area (Å²) in [5, 5.41) is 6.00. The highest BCUT2D eigenvalue weighted by Gasteiger charge is 2.20. The first-order chi connectivity index (χ1) is 17.6. The van der Waals surface area contributed by atoms with Gasteiger partial charge in [0.05, 0.1) is 41.4 Å². The van der Waals surface area contributed by atoms with E-state index in [0.29, 0.717) is 22.7 Å². The van der Waals surface area contributed by atoms with E-state index >= 15 is 0 Å². The smallest absolute Gasteiger partial charge is 0.253 e. The van der Waals surface area contributed by atoms with E-state index in [4.69, 9.17) is 16.3 Å². The van der Waals surface area contributed by atoms with Crippen LogP contribution in [-0.4, -0.2) is 40.1 Å². The van der Waals surface area contributed by atoms with Crippen molar-refractivity contribution < 1.29 is 22.7 Å². The molecule has 37 heavy (non-hydrogen) atoms. The molecule has 0 aromatic heterocycles. The number of hydrogen-bond donors (Lipinski definition) is 2. The van der Waals surface area contributed by atoms with Crippen molar-refractivity contribution in [3.8, 4) is 5.75 Å². The molecule has 3 aromatic carbocycles. The summed E-state index contributed by atoms with van der Waals surface area (Å²) in [7, 11) is -2.14. The van der Waals surface area contributed by atoms with Gasteiger partial charge in [-0.05, 0) is 49.2 Å². The van der Waals surface area contributed by atoms with Gasteiger partial charge in [-0.25, -0.2) is 8.42 Å². The Morgan fingerprint density at radius 2 is 1.70 bits per heavy atom. The molecule has 0 radical (unpaired) electrons. The number of benzene rings is 3. The largest absolute Gasteiger partial charge is 0.495 e. The Bertz CT molecular complexity index is 1350. The molecule has 3 rings (SSSR count). The van der Waals surface area contributed by atoms with Crippen molar-refractivity contribution in [2.45, 2.75) is 25.8 Å². The molecule has 0 spiro atoms. The molecular weight excluding hydrogens is 514 g/mol. The molecule has 196 valence electrons. The van der Waals surface area contributed by atoms with E-state index in [-0.39, 0.29) is 42.3 Å². The lowest BCUT2D eigenvalue weighted by atomic mass is 10.1. The molecule has 0 heterocycles. The zero-order valence-corrected chi connectivity index (χ0v) is 22.5. The molecule has 0 fully saturated rings. The molecule has 0 saturated heterocycles. The van der Waals surface area contributed by atoms with E-state index in [1.54, 1.807) is 36.4 Å². The zero-order valence-electron chi connectivity index (χ0n) is 20.9. The average Bonchev–Trinajstić information content (AvgIpc) is 2.86. The third kappa shape index (κ3) is 7.71. The van der Waals surface area contributed by atoms with Crippen molar-refractivity contribution in [2.75, 3.05) is 29.5 Å². The quantitative estimate of drug-likeness (QED) is 0.353. The second-order valence-corrected chi connectivity index (χ2v) is 10.8. The van der Waals surface area contributed by atoms with Gasteiger partial charge in [0.2, 0.25) is 15.9 Å². The summed E-state index contributed by atoms with van der Waals surface area (Å²) in [6.45, 7) is 1.96. The maximum atomic E-state index is 12.9. The highest BCUT2D eigenvalue weighted by molar-refractivity contribution is 7.92. The zero-order chi connectivity index (χ0) is 27.0. The summed E-state index contributed by atoms with van der Waals surface area (Å²) in [5.74, 6) is -0.219. The van der Waals surface area contributed by atoms with E-state index in [1.807, 2.05) is 37.3 Å². The predicted molar refractivity (Wildman–Crippen MR) is 147 cm³/mol. The molecule has 0 saturated carbocycles. The van der Waals surface area contributed by atoms with Crippen LogP contribution in [0, 0.1) is 0 Å². The van der Waals surface area contributed by atoms with Gasteiger partial charge in [-0.2, -0.15) is 0 Å². The maximum Gasteiger partial charge on any atom is 0.253 e. The molecule has 0 aliphatic carbocycles. The number of carbonyl (C=O) groups is 2. The van der Waals surface area contributed by atoms with E-state index < -0.39 is 10.0 Å². The number of ether oxygens (including phenoxy) is 1. The second-order valence-electron chi connectivity index (χ2n) is 8.46. The topological polar surface area (TPSA) is 105 Å². The highest BCUT2D eigenvalue weighted by atomic mass is 35.5. The molecule has 0 bridgehead atoms. The Morgan fingerprint density at radius 1 is 1.03 bits per heavy atom. The van der Waals surface area contributed by atoms with Crippen LogP contribution in [0.25, 0.3) is 0 Å². The summed E-state index contributed by atoms with van der Waals surface area (Å²) in [6, 6.07) is 20.8. The highest BCUT2D eigenvalue weighted by Crippen LogP contribution is 2.30. The minimum absolute atomic E-state index is 0.0479. The molecule has 2 N–H and O–H groups in total. The fourth-order valence-electron chi connectivity index (χ4n) is 3.78. The van der Waals surface area contributed by atoms with Gasteiger partial charge in [0.15, 0.2) is 0 Å². The first-order valence-electron chi connectivity index (χ1n) is 11.7. The van der Waals surface area contributed by atoms with Crippen LogP contribution in [0.5, 0.6) is 5.75 Å². The predicted octanol–water partition coefficient (Wildman–Crippen LogP) is 5.02. The Labute approximate surface area is 222 Å². The van der Waals surface area contributed by atoms with Crippen LogP contribution in [0.1, 0.15) is 41.7 Å². The van der Waals surface area contributed by atoms with Crippen molar-refractivity contribution in [2.24, 2.45) is 0 Å². The molecule has 2 amide bonds. The van der Waals surface area contributed by atoms with E-state index in [9.17, 15) is 18.0 Å². The SMILES string of the molecule is COc1ccc(N(CCCC(=O)Nc2ccccc2C(=O)N[C@@H](C)c2ccccc2)S(C)(=O)=O)cc1Cl. The molecule has 10 heteroatoms. The van der Waals surface area contributed by atoms with Crippen molar-refractivity contribution in [1.82, 2.24) is 5.32 Å². The Morgan fingerprint density at radius 3 is 2.35 bits per heavy atom. The summed E-state index contributed by atoms with van der Waals surface area (Å²) in [5.41, 5.74) is 2.06. The lowest BCUT2D eigenvalue weighted by Gasteiger charge is -2.23. The molecule has 1 atom stereocenters. The summed E-state index contributed by atoms with van der Waals surface area (Å²) in [6.07, 6.45) is 1.39. The summed E-state index contributed by atoms with van der Waals surface area (Å²) < 4.78 is 31.1. The van der Waals surface area contributed by atoms with Crippen LogP contribution < -0.4 is 19.7 Å². The van der Waals surface area contributed by atoms with Gasteiger partial charge >= 0.3 is 0 Å². The number of sulfonamides is 1. The van der Waals surface area contributed by atoms with Crippen molar-refractivity contribution >= 4 is 44.8 Å². The van der Waals surface area contributed by atoms with Gasteiger partial charge in [-0.15, -0.1) is 0 Å². The van der Waals surface area contributed by atoms with Crippen molar-refractivity contribution in [3.63, 3.8) is 0 Å². The first kappa shape index (κ1) is 28.0. The Balaban J connectivity index is 1.63. The van der Waals surface area contributed by atoms with Crippen LogP contribution in [0.4, 0.5) is 11.4 Å². The van der Waals surface area contributed by atoms with Gasteiger partial charge in [0.1, 0.15) is 5.75 Å². The lowest BCUT2D eigenvalue weighted by Crippen LogP contribution is -2.31. The third-order valence-corrected chi connectivity index (χ3v) is 7.17. The number of anilines is 2. The third-order valence-electron chi connectivity index (χ3n) is 5.68. The molecule has 8 nitrogen and oxygen atoms in total. The van der Waals surface area contributed by atoms with E-state index in [0.717, 1.165) is 11.8 Å². The number of hydrogen-bond acceptors (Lipinski definition) is 5. The number of amides is 2. The standard InChI is InChI=1S/C27H30ClN3O5S/c1-19(20-10-5-4-6-11-20)29-27(33)22-12-7-8-13-24(22)30-26(32)14-9-17-31(37(3,34)35)21-15-16-25(36-2)23(28)18-21/h4-8,10-13,15-16,18-19H,9,14,17H2,1-3H3,(H,29,33)(H,30,32)/t19-/m0/s1. The number of nitrogens with one attached hydrogen (secondary N) is 2. The number of halogens is 1. The Kier molecular flexibility index (Phi) is 9.54. The fourth-order valence-corrected chi connectivity index (χ4v) is 4.99. The van der Waals surface area contributed by atoms with Crippen LogP contribution in [0.3, 0.4) is 0 Å². The van der Waals surface area contributed by atoms with E-state index in [2.05, 4.69) is 10.6 Å². The van der Waals surface area contributed by atoms with Crippen molar-refractivity contribution in [1.29, 1.82) is 0 Å². The van der Waals surface area contributed by atoms with E-state index in [1.165, 1.54) is 17.5 Å². The maximum absolute atomic E-state index is 12.9. The van der Waals surface area contributed by atoms with Crippen LogP contribution in [0.15, 0.2) is 72.8 Å². The van der Waals surface area contributed by atoms with Gasteiger partial charge in [0.25, 0.3) is 5.91 Å². The molecule has 0 aliphatic rings. The number of nitrogens with zero attached hydrogens (tertiary/aromatic N) is 1. The number of rotatable bonds is 11. The molecule has 3 aromatic rings. The second kappa shape index (κ2) is 12.6. The fraction of sp³-hybridized carbons (Fsp3) is 0.259. The van der Waals surface area contributed by atoms with Gasteiger partial charge in [-0.1, -0.05) is 54.1 Å². The molecular formula is C27H30ClN3O5S. The lowest BCUT2D eigenvalue weighted by molar-refractivity contribution is -0.116. The van der Waals surface area contributed by atoms with Crippen LogP contribution in [-0.2, 0) is 14.8 Å². The van der Waals surface area contributed by atoms with Gasteiger partial charge in [-0.3, -0.25) is 13.9 Å². The minimum atomic E-state index is -3.61. The summed E-state index contributed by atoms with van der Waals surface area (Å²) >= 11 is 6.16. The normalized spacial score (nSPS) is 11.9. The van der Waals surface area contributed by atoms with Crippen molar-refractivity contribution in [3.05, 3.63) is 88.9 Å². The van der Waals surface area contributed by atoms with Gasteiger partial charge in [0, 0.05) is 13.0 Å². The Hall–Kier alpha value is -3.56. The van der Waals surface area contributed by atoms with Gasteiger partial charge < -0.3 is 15.4 Å². The monoisotopic (exact) mass is 543 g/mol. The minimum Gasteiger partial charge on any atom is -0.495 e. The number of carbonyl (C=O) groups excluding carboxylic acids is 2. The summed E-state index contributed by atoms with van der Waals surface area (Å²) in [4.78, 5) is 25.6. The average molecular weight is 544 g/mol.